The Hall–Kier alpha value is -0.850. The fraction of sp³-hybridized carbons (Fsp3) is 0.333. The van der Waals surface area contributed by atoms with E-state index in [0.717, 1.165) is 0 Å². The predicted octanol–water partition coefficient (Wildman–Crippen LogP) is 1.81. The maximum absolute atomic E-state index is 10.9. The summed E-state index contributed by atoms with van der Waals surface area (Å²) in [5.41, 5.74) is -0.930. The number of aliphatic carboxylic acids is 2. The minimum Gasteiger partial charge on any atom is -0.481 e. The van der Waals surface area contributed by atoms with Crippen LogP contribution in [0, 0.1) is 5.41 Å². The van der Waals surface area contributed by atoms with Gasteiger partial charge in [-0.2, -0.15) is 0 Å². The summed E-state index contributed by atoms with van der Waals surface area (Å²) in [7, 11) is 0. The summed E-state index contributed by atoms with van der Waals surface area (Å²) in [6.45, 7) is 1.51. The van der Waals surface area contributed by atoms with Crippen LogP contribution in [0.25, 0.3) is 0 Å². The number of hydrogen-bond donors (Lipinski definition) is 2. The molecule has 0 amide bonds. The van der Waals surface area contributed by atoms with Gasteiger partial charge in [-0.25, -0.2) is 4.79 Å². The number of allylic oxidation sites excluding steroid dienone is 2. The molecule has 0 radical (unpaired) electrons. The largest absolute Gasteiger partial charge is 0.481 e. The lowest BCUT2D eigenvalue weighted by molar-refractivity contribution is -0.145. The van der Waals surface area contributed by atoms with Crippen molar-refractivity contribution in [3.8, 4) is 0 Å². The number of rotatable bonds is 2. The summed E-state index contributed by atoms with van der Waals surface area (Å²) in [6.07, 6.45) is 3.11. The topological polar surface area (TPSA) is 74.6 Å². The maximum atomic E-state index is 10.9. The molecule has 1 rings (SSSR count). The van der Waals surface area contributed by atoms with Gasteiger partial charge in [0.15, 0.2) is 0 Å². The van der Waals surface area contributed by atoms with Crippen molar-refractivity contribution in [2.45, 2.75) is 13.3 Å². The molecule has 0 aromatic heterocycles. The van der Waals surface area contributed by atoms with E-state index in [4.69, 9.17) is 10.2 Å². The SMILES string of the molecule is CC1(C(=O)O)C=CC(I)=C(C(=O)O)C1. The highest BCUT2D eigenvalue weighted by Gasteiger charge is 2.36. The summed E-state index contributed by atoms with van der Waals surface area (Å²) in [5.74, 6) is -2.05. The lowest BCUT2D eigenvalue weighted by atomic mass is 9.80. The molecule has 0 heterocycles. The van der Waals surface area contributed by atoms with Crippen molar-refractivity contribution in [2.24, 2.45) is 5.41 Å². The molecule has 1 unspecified atom stereocenters. The quantitative estimate of drug-likeness (QED) is 0.763. The van der Waals surface area contributed by atoms with Gasteiger partial charge in [0.1, 0.15) is 0 Å². The van der Waals surface area contributed by atoms with Gasteiger partial charge >= 0.3 is 11.9 Å². The van der Waals surface area contributed by atoms with Crippen LogP contribution in [0.5, 0.6) is 0 Å². The summed E-state index contributed by atoms with van der Waals surface area (Å²) >= 11 is 1.89. The molecule has 0 bridgehead atoms. The molecule has 76 valence electrons. The van der Waals surface area contributed by atoms with Gasteiger partial charge in [-0.05, 0) is 35.9 Å². The summed E-state index contributed by atoms with van der Waals surface area (Å²) in [4.78, 5) is 21.7. The number of carboxylic acid groups (broad SMARTS) is 2. The minimum atomic E-state index is -1.09. The smallest absolute Gasteiger partial charge is 0.332 e. The van der Waals surface area contributed by atoms with Gasteiger partial charge in [-0.3, -0.25) is 4.79 Å². The second-order valence-electron chi connectivity index (χ2n) is 3.36. The highest BCUT2D eigenvalue weighted by Crippen LogP contribution is 2.36. The van der Waals surface area contributed by atoms with E-state index in [0.29, 0.717) is 3.58 Å². The number of hydrogen-bond acceptors (Lipinski definition) is 2. The van der Waals surface area contributed by atoms with Gasteiger partial charge in [-0.15, -0.1) is 0 Å². The molecule has 0 aromatic carbocycles. The van der Waals surface area contributed by atoms with Crippen molar-refractivity contribution in [3.63, 3.8) is 0 Å². The fourth-order valence-electron chi connectivity index (χ4n) is 1.19. The van der Waals surface area contributed by atoms with Gasteiger partial charge in [0.25, 0.3) is 0 Å². The summed E-state index contributed by atoms with van der Waals surface area (Å²) in [5, 5.41) is 17.7. The molecule has 14 heavy (non-hydrogen) atoms. The van der Waals surface area contributed by atoms with Gasteiger partial charge in [0, 0.05) is 3.58 Å². The van der Waals surface area contributed by atoms with E-state index in [1.165, 1.54) is 13.0 Å². The van der Waals surface area contributed by atoms with E-state index in [9.17, 15) is 9.59 Å². The molecule has 0 saturated heterocycles. The minimum absolute atomic E-state index is 0.0342. The van der Waals surface area contributed by atoms with Gasteiger partial charge in [0.05, 0.1) is 11.0 Å². The standard InChI is InChI=1S/C9H9IO4/c1-9(8(13)14)3-2-6(10)5(4-9)7(11)12/h2-3H,4H2,1H3,(H,11,12)(H,13,14). The Kier molecular flexibility index (Phi) is 2.98. The van der Waals surface area contributed by atoms with E-state index in [1.807, 2.05) is 22.6 Å². The van der Waals surface area contributed by atoms with Crippen LogP contribution >= 0.6 is 22.6 Å². The zero-order chi connectivity index (χ0) is 10.9. The van der Waals surface area contributed by atoms with Crippen molar-refractivity contribution in [2.75, 3.05) is 0 Å². The van der Waals surface area contributed by atoms with Crippen molar-refractivity contribution in [1.29, 1.82) is 0 Å². The van der Waals surface area contributed by atoms with E-state index in [2.05, 4.69) is 0 Å². The van der Waals surface area contributed by atoms with Crippen LogP contribution in [-0.4, -0.2) is 22.2 Å². The van der Waals surface area contributed by atoms with E-state index in [1.54, 1.807) is 6.08 Å². The van der Waals surface area contributed by atoms with Crippen LogP contribution in [0.15, 0.2) is 21.3 Å². The molecule has 1 aliphatic carbocycles. The van der Waals surface area contributed by atoms with Crippen LogP contribution in [0.4, 0.5) is 0 Å². The normalized spacial score (nSPS) is 26.4. The highest BCUT2D eigenvalue weighted by atomic mass is 127. The first-order valence-electron chi connectivity index (χ1n) is 3.91. The third-order valence-corrected chi connectivity index (χ3v) is 3.19. The maximum Gasteiger partial charge on any atom is 0.332 e. The third kappa shape index (κ3) is 1.97. The Morgan fingerprint density at radius 3 is 2.50 bits per heavy atom. The zero-order valence-corrected chi connectivity index (χ0v) is 9.61. The molecule has 0 fully saturated rings. The van der Waals surface area contributed by atoms with Gasteiger partial charge in [-0.1, -0.05) is 12.2 Å². The molecule has 0 saturated carbocycles. The second-order valence-corrected chi connectivity index (χ2v) is 4.53. The van der Waals surface area contributed by atoms with Crippen molar-refractivity contribution in [1.82, 2.24) is 0 Å². The Morgan fingerprint density at radius 2 is 2.07 bits per heavy atom. The summed E-state index contributed by atoms with van der Waals surface area (Å²) in [6, 6.07) is 0. The molecule has 0 spiro atoms. The molecule has 0 aromatic rings. The molecular formula is C9H9IO4. The molecule has 4 nitrogen and oxygen atoms in total. The molecule has 0 aliphatic heterocycles. The second kappa shape index (κ2) is 3.72. The summed E-state index contributed by atoms with van der Waals surface area (Å²) < 4.78 is 0.592. The third-order valence-electron chi connectivity index (χ3n) is 2.18. The van der Waals surface area contributed by atoms with E-state index >= 15 is 0 Å². The Morgan fingerprint density at radius 1 is 1.50 bits per heavy atom. The van der Waals surface area contributed by atoms with Gasteiger partial charge < -0.3 is 10.2 Å². The molecule has 2 N–H and O–H groups in total. The van der Waals surface area contributed by atoms with Crippen molar-refractivity contribution >= 4 is 34.5 Å². The van der Waals surface area contributed by atoms with Crippen molar-refractivity contribution in [3.05, 3.63) is 21.3 Å². The molecule has 1 atom stereocenters. The first-order chi connectivity index (χ1) is 6.37. The average molecular weight is 308 g/mol. The molecule has 1 aliphatic rings. The van der Waals surface area contributed by atoms with Crippen LogP contribution in [-0.2, 0) is 9.59 Å². The Labute approximate surface area is 94.4 Å². The number of carboxylic acids is 2. The van der Waals surface area contributed by atoms with Crippen LogP contribution in [0.1, 0.15) is 13.3 Å². The zero-order valence-electron chi connectivity index (χ0n) is 7.45. The Balaban J connectivity index is 3.07. The molecular weight excluding hydrogens is 299 g/mol. The first kappa shape index (κ1) is 11.2. The molecule has 5 heteroatoms. The average Bonchev–Trinajstić information content (AvgIpc) is 2.09. The number of halogens is 1. The van der Waals surface area contributed by atoms with Crippen LogP contribution in [0.3, 0.4) is 0 Å². The van der Waals surface area contributed by atoms with Crippen LogP contribution in [0.2, 0.25) is 0 Å². The highest BCUT2D eigenvalue weighted by molar-refractivity contribution is 14.1. The fourth-order valence-corrected chi connectivity index (χ4v) is 1.79. The lowest BCUT2D eigenvalue weighted by Crippen LogP contribution is -2.29. The first-order valence-corrected chi connectivity index (χ1v) is 4.99. The lowest BCUT2D eigenvalue weighted by Gasteiger charge is -2.24. The van der Waals surface area contributed by atoms with Crippen LogP contribution < -0.4 is 0 Å². The predicted molar refractivity (Wildman–Crippen MR) is 58.2 cm³/mol. The van der Waals surface area contributed by atoms with E-state index < -0.39 is 17.4 Å². The van der Waals surface area contributed by atoms with Crippen molar-refractivity contribution < 1.29 is 19.8 Å². The Bertz CT molecular complexity index is 356. The van der Waals surface area contributed by atoms with E-state index in [-0.39, 0.29) is 12.0 Å². The van der Waals surface area contributed by atoms with Gasteiger partial charge in [0.2, 0.25) is 0 Å². The number of carbonyl (C=O) groups is 2. The monoisotopic (exact) mass is 308 g/mol.